The molecule has 6 heteroatoms. The first-order valence-corrected chi connectivity index (χ1v) is 8.42. The number of nitrogens with zero attached hydrogens (tertiary/aromatic N) is 5. The molecule has 1 saturated heterocycles. The lowest BCUT2D eigenvalue weighted by atomic mass is 10.2. The van der Waals surface area contributed by atoms with Crippen molar-refractivity contribution in [3.8, 4) is 6.07 Å². The second-order valence-electron chi connectivity index (χ2n) is 5.54. The van der Waals surface area contributed by atoms with Gasteiger partial charge in [0.1, 0.15) is 17.6 Å². The van der Waals surface area contributed by atoms with E-state index < -0.39 is 0 Å². The van der Waals surface area contributed by atoms with Gasteiger partial charge in [0.15, 0.2) is 0 Å². The standard InChI is InChI=1S/C16H19N5S/c1-13-3-4-16(19-15(13)9-17)21-6-2-5-20(7-8-21)10-14-11-22-12-18-14/h3-4,11-12H,2,5-8,10H2,1H3. The third-order valence-electron chi connectivity index (χ3n) is 3.97. The molecule has 0 atom stereocenters. The zero-order valence-corrected chi connectivity index (χ0v) is 13.5. The minimum absolute atomic E-state index is 0.529. The number of pyridine rings is 1. The lowest BCUT2D eigenvalue weighted by molar-refractivity contribution is 0.282. The number of anilines is 1. The van der Waals surface area contributed by atoms with Crippen LogP contribution in [0, 0.1) is 18.3 Å². The van der Waals surface area contributed by atoms with Gasteiger partial charge in [0.25, 0.3) is 0 Å². The molecule has 0 N–H and O–H groups in total. The summed E-state index contributed by atoms with van der Waals surface area (Å²) in [6.45, 7) is 6.83. The van der Waals surface area contributed by atoms with E-state index in [1.54, 1.807) is 11.3 Å². The van der Waals surface area contributed by atoms with Crippen molar-refractivity contribution in [1.29, 1.82) is 5.26 Å². The van der Waals surface area contributed by atoms with Crippen molar-refractivity contribution in [2.75, 3.05) is 31.1 Å². The number of hydrogen-bond acceptors (Lipinski definition) is 6. The van der Waals surface area contributed by atoms with Crippen LogP contribution >= 0.6 is 11.3 Å². The average molecular weight is 313 g/mol. The zero-order chi connectivity index (χ0) is 15.4. The van der Waals surface area contributed by atoms with Gasteiger partial charge in [-0.3, -0.25) is 4.90 Å². The molecule has 3 heterocycles. The molecule has 0 amide bonds. The molecule has 0 radical (unpaired) electrons. The third-order valence-corrected chi connectivity index (χ3v) is 4.61. The maximum Gasteiger partial charge on any atom is 0.145 e. The zero-order valence-electron chi connectivity index (χ0n) is 12.7. The number of thiazole rings is 1. The van der Waals surface area contributed by atoms with Crippen molar-refractivity contribution in [1.82, 2.24) is 14.9 Å². The first kappa shape index (κ1) is 14.9. The van der Waals surface area contributed by atoms with Crippen LogP contribution in [0.25, 0.3) is 0 Å². The molecule has 0 aliphatic carbocycles. The van der Waals surface area contributed by atoms with E-state index >= 15 is 0 Å². The smallest absolute Gasteiger partial charge is 0.145 e. The second kappa shape index (κ2) is 6.86. The molecule has 0 bridgehead atoms. The molecule has 0 saturated carbocycles. The van der Waals surface area contributed by atoms with Crippen LogP contribution in [0.2, 0.25) is 0 Å². The summed E-state index contributed by atoms with van der Waals surface area (Å²) in [4.78, 5) is 13.6. The predicted molar refractivity (Wildman–Crippen MR) is 87.9 cm³/mol. The van der Waals surface area contributed by atoms with Crippen molar-refractivity contribution in [2.45, 2.75) is 19.9 Å². The van der Waals surface area contributed by atoms with Crippen LogP contribution in [0.15, 0.2) is 23.0 Å². The number of hydrogen-bond donors (Lipinski definition) is 0. The Morgan fingerprint density at radius 3 is 2.95 bits per heavy atom. The van der Waals surface area contributed by atoms with Crippen LogP contribution in [0.5, 0.6) is 0 Å². The van der Waals surface area contributed by atoms with Crippen molar-refractivity contribution in [3.63, 3.8) is 0 Å². The largest absolute Gasteiger partial charge is 0.355 e. The van der Waals surface area contributed by atoms with E-state index in [4.69, 9.17) is 5.26 Å². The van der Waals surface area contributed by atoms with Crippen LogP contribution in [0.4, 0.5) is 5.82 Å². The molecule has 0 spiro atoms. The van der Waals surface area contributed by atoms with Crippen LogP contribution < -0.4 is 4.90 Å². The number of nitriles is 1. The fourth-order valence-corrected chi connectivity index (χ4v) is 3.26. The lowest BCUT2D eigenvalue weighted by Gasteiger charge is -2.22. The van der Waals surface area contributed by atoms with Gasteiger partial charge in [-0.1, -0.05) is 6.07 Å². The van der Waals surface area contributed by atoms with E-state index in [1.165, 1.54) is 0 Å². The molecule has 114 valence electrons. The van der Waals surface area contributed by atoms with Gasteiger partial charge in [-0.2, -0.15) is 5.26 Å². The summed E-state index contributed by atoms with van der Waals surface area (Å²) in [6, 6.07) is 6.18. The van der Waals surface area contributed by atoms with E-state index in [0.29, 0.717) is 5.69 Å². The first-order chi connectivity index (χ1) is 10.8. The summed E-state index contributed by atoms with van der Waals surface area (Å²) < 4.78 is 0. The Balaban J connectivity index is 1.66. The third kappa shape index (κ3) is 3.43. The Hall–Kier alpha value is -1.97. The summed E-state index contributed by atoms with van der Waals surface area (Å²) in [5.41, 5.74) is 4.50. The highest BCUT2D eigenvalue weighted by atomic mass is 32.1. The summed E-state index contributed by atoms with van der Waals surface area (Å²) in [6.07, 6.45) is 1.10. The average Bonchev–Trinajstić information content (AvgIpc) is 2.93. The quantitative estimate of drug-likeness (QED) is 0.871. The molecule has 1 aliphatic heterocycles. The van der Waals surface area contributed by atoms with E-state index in [1.807, 2.05) is 24.6 Å². The number of rotatable bonds is 3. The number of aryl methyl sites for hydroxylation is 1. The van der Waals surface area contributed by atoms with Gasteiger partial charge >= 0.3 is 0 Å². The SMILES string of the molecule is Cc1ccc(N2CCCN(Cc3cscn3)CC2)nc1C#N. The molecule has 0 unspecified atom stereocenters. The van der Waals surface area contributed by atoms with Crippen LogP contribution in [-0.2, 0) is 6.54 Å². The first-order valence-electron chi connectivity index (χ1n) is 7.48. The minimum Gasteiger partial charge on any atom is -0.355 e. The highest BCUT2D eigenvalue weighted by molar-refractivity contribution is 7.07. The van der Waals surface area contributed by atoms with E-state index in [0.717, 1.165) is 56.2 Å². The van der Waals surface area contributed by atoms with Crippen LogP contribution in [0.1, 0.15) is 23.4 Å². The Morgan fingerprint density at radius 2 is 2.18 bits per heavy atom. The Labute approximate surface area is 134 Å². The topological polar surface area (TPSA) is 56.1 Å². The van der Waals surface area contributed by atoms with Crippen molar-refractivity contribution >= 4 is 17.2 Å². The van der Waals surface area contributed by atoms with Gasteiger partial charge in [-0.15, -0.1) is 11.3 Å². The van der Waals surface area contributed by atoms with E-state index in [-0.39, 0.29) is 0 Å². The lowest BCUT2D eigenvalue weighted by Crippen LogP contribution is -2.31. The minimum atomic E-state index is 0.529. The monoisotopic (exact) mass is 313 g/mol. The normalized spacial score (nSPS) is 16.3. The molecule has 3 rings (SSSR count). The summed E-state index contributed by atoms with van der Waals surface area (Å²) in [7, 11) is 0. The molecule has 1 aliphatic rings. The Morgan fingerprint density at radius 1 is 1.27 bits per heavy atom. The molecule has 2 aromatic rings. The molecule has 22 heavy (non-hydrogen) atoms. The van der Waals surface area contributed by atoms with Gasteiger partial charge < -0.3 is 4.90 Å². The highest BCUT2D eigenvalue weighted by Gasteiger charge is 2.17. The molecular formula is C16H19N5S. The summed E-state index contributed by atoms with van der Waals surface area (Å²) >= 11 is 1.65. The van der Waals surface area contributed by atoms with Crippen molar-refractivity contribution in [3.05, 3.63) is 40.0 Å². The fourth-order valence-electron chi connectivity index (χ4n) is 2.71. The molecule has 5 nitrogen and oxygen atoms in total. The van der Waals surface area contributed by atoms with Gasteiger partial charge in [0.2, 0.25) is 0 Å². The van der Waals surface area contributed by atoms with Gasteiger partial charge in [-0.05, 0) is 25.0 Å². The molecule has 2 aromatic heterocycles. The van der Waals surface area contributed by atoms with Crippen molar-refractivity contribution < 1.29 is 0 Å². The van der Waals surface area contributed by atoms with Gasteiger partial charge in [-0.25, -0.2) is 9.97 Å². The highest BCUT2D eigenvalue weighted by Crippen LogP contribution is 2.17. The second-order valence-corrected chi connectivity index (χ2v) is 6.26. The van der Waals surface area contributed by atoms with Crippen molar-refractivity contribution in [2.24, 2.45) is 0 Å². The molecule has 1 fully saturated rings. The Kier molecular flexibility index (Phi) is 4.66. The molecule has 0 aromatic carbocycles. The van der Waals surface area contributed by atoms with E-state index in [2.05, 4.69) is 31.2 Å². The van der Waals surface area contributed by atoms with Gasteiger partial charge in [0, 0.05) is 38.1 Å². The van der Waals surface area contributed by atoms with Crippen LogP contribution in [-0.4, -0.2) is 41.0 Å². The maximum absolute atomic E-state index is 9.14. The van der Waals surface area contributed by atoms with E-state index in [9.17, 15) is 0 Å². The van der Waals surface area contributed by atoms with Gasteiger partial charge in [0.05, 0.1) is 11.2 Å². The predicted octanol–water partition coefficient (Wildman–Crippen LogP) is 2.43. The maximum atomic E-state index is 9.14. The summed E-state index contributed by atoms with van der Waals surface area (Å²) in [5, 5.41) is 11.3. The molecular weight excluding hydrogens is 294 g/mol. The fraction of sp³-hybridized carbons (Fsp3) is 0.438. The Bertz CT molecular complexity index is 662. The summed E-state index contributed by atoms with van der Waals surface area (Å²) in [5.74, 6) is 0.914. The van der Waals surface area contributed by atoms with Crippen LogP contribution in [0.3, 0.4) is 0 Å². The number of aromatic nitrogens is 2.